The van der Waals surface area contributed by atoms with E-state index < -0.39 is 0 Å². The van der Waals surface area contributed by atoms with Gasteiger partial charge in [-0.1, -0.05) is 34.5 Å². The van der Waals surface area contributed by atoms with Gasteiger partial charge in [-0.2, -0.15) is 0 Å². The van der Waals surface area contributed by atoms with Gasteiger partial charge in [0.05, 0.1) is 27.4 Å². The van der Waals surface area contributed by atoms with Crippen LogP contribution in [0.3, 0.4) is 0 Å². The summed E-state index contributed by atoms with van der Waals surface area (Å²) >= 11 is 13.8. The molecule has 0 bridgehead atoms. The zero-order valence-corrected chi connectivity index (χ0v) is 20.2. The van der Waals surface area contributed by atoms with Gasteiger partial charge in [0.15, 0.2) is 5.13 Å². The minimum atomic E-state index is -0.186. The van der Waals surface area contributed by atoms with Crippen molar-refractivity contribution in [3.05, 3.63) is 52.0 Å². The van der Waals surface area contributed by atoms with Crippen LogP contribution >= 0.6 is 46.9 Å². The first-order valence-electron chi connectivity index (χ1n) is 9.34. The molecular formula is C21H24Cl3N3O2S. The Kier molecular flexibility index (Phi) is 9.19. The molecule has 0 saturated heterocycles. The van der Waals surface area contributed by atoms with Crippen LogP contribution in [0, 0.1) is 0 Å². The quantitative estimate of drug-likeness (QED) is 0.389. The molecule has 0 aliphatic carbocycles. The van der Waals surface area contributed by atoms with Gasteiger partial charge < -0.3 is 9.64 Å². The Balaban J connectivity index is 0.00000320. The summed E-state index contributed by atoms with van der Waals surface area (Å²) in [6.07, 6.45) is 0.810. The van der Waals surface area contributed by atoms with Gasteiger partial charge in [-0.05, 0) is 70.4 Å². The molecule has 0 unspecified atom stereocenters. The number of anilines is 1. The van der Waals surface area contributed by atoms with E-state index in [9.17, 15) is 4.79 Å². The Labute approximate surface area is 197 Å². The van der Waals surface area contributed by atoms with Crippen LogP contribution in [0.5, 0.6) is 5.75 Å². The molecule has 1 aromatic heterocycles. The Hall–Kier alpha value is -1.57. The molecule has 0 N–H and O–H groups in total. The monoisotopic (exact) mass is 487 g/mol. The van der Waals surface area contributed by atoms with E-state index in [0.717, 1.165) is 28.9 Å². The average molecular weight is 489 g/mol. The molecule has 0 saturated carbocycles. The van der Waals surface area contributed by atoms with Crippen molar-refractivity contribution in [3.8, 4) is 5.75 Å². The van der Waals surface area contributed by atoms with Gasteiger partial charge in [-0.25, -0.2) is 4.98 Å². The van der Waals surface area contributed by atoms with Crippen molar-refractivity contribution in [2.24, 2.45) is 0 Å². The third-order valence-corrected chi connectivity index (χ3v) is 5.87. The zero-order valence-electron chi connectivity index (χ0n) is 17.0. The van der Waals surface area contributed by atoms with Crippen LogP contribution in [0.25, 0.3) is 10.2 Å². The summed E-state index contributed by atoms with van der Waals surface area (Å²) in [4.78, 5) is 21.8. The summed E-state index contributed by atoms with van der Waals surface area (Å²) in [5.74, 6) is 0.607. The second-order valence-corrected chi connectivity index (χ2v) is 8.65. The van der Waals surface area contributed by atoms with E-state index in [4.69, 9.17) is 32.9 Å². The number of hydrogen-bond acceptors (Lipinski definition) is 5. The van der Waals surface area contributed by atoms with E-state index in [1.165, 1.54) is 11.3 Å². The van der Waals surface area contributed by atoms with Gasteiger partial charge in [0.1, 0.15) is 5.75 Å². The SMILES string of the molecule is CCOc1ccc2nc(N(CCCN(C)C)C(=O)c3ccc(Cl)cc3Cl)sc2c1.Cl. The van der Waals surface area contributed by atoms with Gasteiger partial charge >= 0.3 is 0 Å². The highest BCUT2D eigenvalue weighted by atomic mass is 35.5. The first kappa shape index (κ1) is 24.7. The highest BCUT2D eigenvalue weighted by Crippen LogP contribution is 2.33. The number of carbonyl (C=O) groups is 1. The van der Waals surface area contributed by atoms with Crippen LogP contribution in [0.4, 0.5) is 5.13 Å². The summed E-state index contributed by atoms with van der Waals surface area (Å²) in [6.45, 7) is 3.94. The van der Waals surface area contributed by atoms with Gasteiger partial charge in [-0.15, -0.1) is 12.4 Å². The molecule has 5 nitrogen and oxygen atoms in total. The summed E-state index contributed by atoms with van der Waals surface area (Å²) in [5.41, 5.74) is 1.25. The summed E-state index contributed by atoms with van der Waals surface area (Å²) < 4.78 is 6.55. The largest absolute Gasteiger partial charge is 0.494 e. The minimum Gasteiger partial charge on any atom is -0.494 e. The van der Waals surface area contributed by atoms with Crippen molar-refractivity contribution in [1.82, 2.24) is 9.88 Å². The molecular weight excluding hydrogens is 465 g/mol. The molecule has 9 heteroatoms. The van der Waals surface area contributed by atoms with E-state index in [0.29, 0.717) is 33.9 Å². The summed E-state index contributed by atoms with van der Waals surface area (Å²) in [7, 11) is 4.02. The smallest absolute Gasteiger partial charge is 0.261 e. The molecule has 0 aliphatic rings. The zero-order chi connectivity index (χ0) is 21.0. The van der Waals surface area contributed by atoms with E-state index >= 15 is 0 Å². The van der Waals surface area contributed by atoms with Gasteiger partial charge in [-0.3, -0.25) is 9.69 Å². The van der Waals surface area contributed by atoms with Crippen molar-refractivity contribution >= 4 is 68.2 Å². The number of fused-ring (bicyclic) bond motifs is 1. The highest BCUT2D eigenvalue weighted by molar-refractivity contribution is 7.22. The molecule has 1 heterocycles. The normalized spacial score (nSPS) is 10.9. The molecule has 30 heavy (non-hydrogen) atoms. The van der Waals surface area contributed by atoms with Crippen molar-refractivity contribution < 1.29 is 9.53 Å². The maximum atomic E-state index is 13.3. The number of nitrogens with zero attached hydrogens (tertiary/aromatic N) is 3. The molecule has 0 aliphatic heterocycles. The molecule has 3 rings (SSSR count). The Bertz CT molecular complexity index is 1010. The minimum absolute atomic E-state index is 0. The Morgan fingerprint density at radius 2 is 1.90 bits per heavy atom. The van der Waals surface area contributed by atoms with E-state index in [1.807, 2.05) is 39.2 Å². The van der Waals surface area contributed by atoms with Gasteiger partial charge in [0.2, 0.25) is 0 Å². The molecule has 0 spiro atoms. The number of carbonyl (C=O) groups excluding carboxylic acids is 1. The lowest BCUT2D eigenvalue weighted by molar-refractivity contribution is 0.0986. The maximum Gasteiger partial charge on any atom is 0.261 e. The third kappa shape index (κ3) is 5.99. The van der Waals surface area contributed by atoms with Crippen molar-refractivity contribution in [3.63, 3.8) is 0 Å². The van der Waals surface area contributed by atoms with Crippen LogP contribution in [0.15, 0.2) is 36.4 Å². The summed E-state index contributed by atoms with van der Waals surface area (Å²) in [6, 6.07) is 10.7. The fraction of sp³-hybridized carbons (Fsp3) is 0.333. The Morgan fingerprint density at radius 1 is 1.13 bits per heavy atom. The fourth-order valence-electron chi connectivity index (χ4n) is 2.90. The summed E-state index contributed by atoms with van der Waals surface area (Å²) in [5, 5.41) is 1.47. The lowest BCUT2D eigenvalue weighted by Gasteiger charge is -2.21. The maximum absolute atomic E-state index is 13.3. The molecule has 0 fully saturated rings. The van der Waals surface area contributed by atoms with Crippen LogP contribution in [-0.4, -0.2) is 49.6 Å². The lowest BCUT2D eigenvalue weighted by Crippen LogP contribution is -2.33. The first-order valence-corrected chi connectivity index (χ1v) is 10.9. The number of thiazole rings is 1. The predicted molar refractivity (Wildman–Crippen MR) is 129 cm³/mol. The second kappa shape index (κ2) is 11.2. The number of rotatable bonds is 8. The molecule has 1 amide bonds. The molecule has 0 radical (unpaired) electrons. The molecule has 0 atom stereocenters. The van der Waals surface area contributed by atoms with Crippen molar-refractivity contribution in [2.45, 2.75) is 13.3 Å². The molecule has 3 aromatic rings. The highest BCUT2D eigenvalue weighted by Gasteiger charge is 2.23. The topological polar surface area (TPSA) is 45.7 Å². The van der Waals surface area contributed by atoms with E-state index in [1.54, 1.807) is 23.1 Å². The van der Waals surface area contributed by atoms with Crippen molar-refractivity contribution in [1.29, 1.82) is 0 Å². The van der Waals surface area contributed by atoms with Crippen LogP contribution in [0.1, 0.15) is 23.7 Å². The number of ether oxygens (including phenoxy) is 1. The van der Waals surface area contributed by atoms with Crippen LogP contribution < -0.4 is 9.64 Å². The van der Waals surface area contributed by atoms with E-state index in [2.05, 4.69) is 4.90 Å². The number of amides is 1. The predicted octanol–water partition coefficient (Wildman–Crippen LogP) is 6.02. The van der Waals surface area contributed by atoms with Crippen LogP contribution in [0.2, 0.25) is 10.0 Å². The van der Waals surface area contributed by atoms with E-state index in [-0.39, 0.29) is 18.3 Å². The number of aromatic nitrogens is 1. The molecule has 162 valence electrons. The third-order valence-electron chi connectivity index (χ3n) is 4.28. The first-order chi connectivity index (χ1) is 13.9. The lowest BCUT2D eigenvalue weighted by atomic mass is 10.2. The average Bonchev–Trinajstić information content (AvgIpc) is 3.07. The number of hydrogen-bond donors (Lipinski definition) is 0. The number of halogens is 3. The standard InChI is InChI=1S/C21H23Cl2N3O2S.ClH/c1-4-28-15-7-9-18-19(13-15)29-21(24-18)26(11-5-10-25(2)3)20(27)16-8-6-14(22)12-17(16)23;/h6-9,12-13H,4-5,10-11H2,1-3H3;1H. The Morgan fingerprint density at radius 3 is 2.57 bits per heavy atom. The van der Waals surface area contributed by atoms with Gasteiger partial charge in [0.25, 0.3) is 5.91 Å². The molecule has 2 aromatic carbocycles. The van der Waals surface area contributed by atoms with Crippen molar-refractivity contribution in [2.75, 3.05) is 38.7 Å². The number of benzene rings is 2. The second-order valence-electron chi connectivity index (χ2n) is 6.80. The van der Waals surface area contributed by atoms with Gasteiger partial charge in [0, 0.05) is 11.6 Å². The van der Waals surface area contributed by atoms with Crippen LogP contribution in [-0.2, 0) is 0 Å². The fourth-order valence-corrected chi connectivity index (χ4v) is 4.41.